The molecule has 3 aromatic carbocycles. The number of hydrogen-bond acceptors (Lipinski definition) is 6. The summed E-state index contributed by atoms with van der Waals surface area (Å²) in [5.74, 6) is -1.82. The highest BCUT2D eigenvalue weighted by Crippen LogP contribution is 2.43. The van der Waals surface area contributed by atoms with Gasteiger partial charge in [-0.3, -0.25) is 4.79 Å². The molecule has 1 amide bonds. The van der Waals surface area contributed by atoms with Crippen molar-refractivity contribution in [3.8, 4) is 5.75 Å². The van der Waals surface area contributed by atoms with Crippen LogP contribution in [0.4, 0.5) is 16.4 Å². The summed E-state index contributed by atoms with van der Waals surface area (Å²) in [6, 6.07) is 16.2. The van der Waals surface area contributed by atoms with Gasteiger partial charge in [0.25, 0.3) is 5.91 Å². The average molecular weight is 486 g/mol. The minimum absolute atomic E-state index is 0.0576. The first-order valence-electron chi connectivity index (χ1n) is 11.3. The summed E-state index contributed by atoms with van der Waals surface area (Å²) in [5.41, 5.74) is 2.87. The standard InChI is InChI=1S/C27H23N3O4S/c1-15-10-12-17(13-11-15)28-25(32)20-14-16-6-2-3-7-18(16)23(24(20)31)29-30-26-22(27(33)34)19-8-4-5-9-21(19)35-26/h2-3,6-7,10-14,31H,4-5,8-9H2,1H3,(H,28,32)(H,33,34)/b30-29+. The topological polar surface area (TPSA) is 111 Å². The number of carboxylic acid groups (broad SMARTS) is 1. The smallest absolute Gasteiger partial charge is 0.339 e. The highest BCUT2D eigenvalue weighted by atomic mass is 32.1. The number of nitrogens with one attached hydrogen (secondary N) is 1. The number of aromatic carboxylic acids is 1. The van der Waals surface area contributed by atoms with Gasteiger partial charge in [0.2, 0.25) is 0 Å². The number of carboxylic acids is 1. The minimum Gasteiger partial charge on any atom is -0.505 e. The number of benzene rings is 3. The van der Waals surface area contributed by atoms with Crippen molar-refractivity contribution in [1.82, 2.24) is 0 Å². The van der Waals surface area contributed by atoms with Crippen LogP contribution in [0.1, 0.15) is 49.6 Å². The zero-order chi connectivity index (χ0) is 24.5. The highest BCUT2D eigenvalue weighted by molar-refractivity contribution is 7.16. The summed E-state index contributed by atoms with van der Waals surface area (Å²) in [5, 5.41) is 33.9. The van der Waals surface area contributed by atoms with Crippen molar-refractivity contribution in [2.75, 3.05) is 5.32 Å². The number of azo groups is 1. The van der Waals surface area contributed by atoms with E-state index in [1.54, 1.807) is 30.3 Å². The summed E-state index contributed by atoms with van der Waals surface area (Å²) in [6.45, 7) is 1.96. The number of aryl methyl sites for hydroxylation is 2. The number of rotatable bonds is 5. The second kappa shape index (κ2) is 9.31. The van der Waals surface area contributed by atoms with E-state index in [0.29, 0.717) is 27.9 Å². The van der Waals surface area contributed by atoms with Crippen LogP contribution < -0.4 is 5.32 Å². The Hall–Kier alpha value is -4.04. The molecular weight excluding hydrogens is 462 g/mol. The maximum absolute atomic E-state index is 13.0. The van der Waals surface area contributed by atoms with Crippen molar-refractivity contribution < 1.29 is 19.8 Å². The first-order chi connectivity index (χ1) is 16.9. The van der Waals surface area contributed by atoms with Crippen LogP contribution in [0.15, 0.2) is 64.8 Å². The van der Waals surface area contributed by atoms with Crippen molar-refractivity contribution in [2.24, 2.45) is 10.2 Å². The maximum Gasteiger partial charge on any atom is 0.339 e. The van der Waals surface area contributed by atoms with Gasteiger partial charge in [0.1, 0.15) is 11.3 Å². The molecule has 176 valence electrons. The molecule has 35 heavy (non-hydrogen) atoms. The van der Waals surface area contributed by atoms with Crippen LogP contribution in [0.25, 0.3) is 10.8 Å². The van der Waals surface area contributed by atoms with Crippen LogP contribution in [-0.4, -0.2) is 22.1 Å². The number of carbonyl (C=O) groups is 2. The Kier molecular flexibility index (Phi) is 6.05. The van der Waals surface area contributed by atoms with E-state index >= 15 is 0 Å². The van der Waals surface area contributed by atoms with Gasteiger partial charge in [-0.2, -0.15) is 0 Å². The fourth-order valence-corrected chi connectivity index (χ4v) is 5.57. The van der Waals surface area contributed by atoms with Gasteiger partial charge in [0.15, 0.2) is 10.8 Å². The van der Waals surface area contributed by atoms with Gasteiger partial charge >= 0.3 is 5.97 Å². The van der Waals surface area contributed by atoms with E-state index in [9.17, 15) is 19.8 Å². The fourth-order valence-electron chi connectivity index (χ4n) is 4.37. The lowest BCUT2D eigenvalue weighted by molar-refractivity contribution is 0.0696. The molecule has 0 unspecified atom stereocenters. The quantitative estimate of drug-likeness (QED) is 0.260. The van der Waals surface area contributed by atoms with Crippen LogP contribution in [0.5, 0.6) is 5.75 Å². The maximum atomic E-state index is 13.0. The van der Waals surface area contributed by atoms with E-state index in [1.807, 2.05) is 31.2 Å². The molecule has 0 saturated carbocycles. The Morgan fingerprint density at radius 1 is 1.00 bits per heavy atom. The second-order valence-corrected chi connectivity index (χ2v) is 9.64. The summed E-state index contributed by atoms with van der Waals surface area (Å²) in [7, 11) is 0. The number of phenols is 1. The van der Waals surface area contributed by atoms with Crippen LogP contribution in [0.2, 0.25) is 0 Å². The molecule has 7 nitrogen and oxygen atoms in total. The Morgan fingerprint density at radius 2 is 1.74 bits per heavy atom. The first-order valence-corrected chi connectivity index (χ1v) is 12.2. The fraction of sp³-hybridized carbons (Fsp3) is 0.185. The van der Waals surface area contributed by atoms with Crippen molar-refractivity contribution in [2.45, 2.75) is 32.6 Å². The Bertz CT molecular complexity index is 1490. The Morgan fingerprint density at radius 3 is 2.51 bits per heavy atom. The Balaban J connectivity index is 1.58. The SMILES string of the molecule is Cc1ccc(NC(=O)c2cc3ccccc3c(/N=N/c3sc4c(c3C(=O)O)CCCC4)c2O)cc1. The number of carbonyl (C=O) groups excluding carboxylic acids is 1. The second-order valence-electron chi connectivity index (χ2n) is 8.56. The number of aromatic hydroxyl groups is 1. The number of anilines is 1. The van der Waals surface area contributed by atoms with Crippen molar-refractivity contribution in [3.63, 3.8) is 0 Å². The van der Waals surface area contributed by atoms with Gasteiger partial charge in [0.05, 0.1) is 5.56 Å². The van der Waals surface area contributed by atoms with Gasteiger partial charge in [0, 0.05) is 16.0 Å². The van der Waals surface area contributed by atoms with Crippen molar-refractivity contribution in [1.29, 1.82) is 0 Å². The minimum atomic E-state index is -1.03. The van der Waals surface area contributed by atoms with E-state index in [-0.39, 0.29) is 22.6 Å². The lowest BCUT2D eigenvalue weighted by Gasteiger charge is -2.11. The summed E-state index contributed by atoms with van der Waals surface area (Å²) >= 11 is 1.33. The molecular formula is C27H23N3O4S. The average Bonchev–Trinajstić information content (AvgIpc) is 3.23. The van der Waals surface area contributed by atoms with E-state index in [4.69, 9.17) is 0 Å². The lowest BCUT2D eigenvalue weighted by atomic mass is 9.96. The summed E-state index contributed by atoms with van der Waals surface area (Å²) < 4.78 is 0. The molecule has 1 aliphatic carbocycles. The largest absolute Gasteiger partial charge is 0.505 e. The number of nitrogens with zero attached hydrogens (tertiary/aromatic N) is 2. The van der Waals surface area contributed by atoms with E-state index < -0.39 is 11.9 Å². The molecule has 1 aliphatic rings. The molecule has 0 bridgehead atoms. The molecule has 1 heterocycles. The van der Waals surface area contributed by atoms with Crippen LogP contribution >= 0.6 is 11.3 Å². The predicted octanol–water partition coefficient (Wildman–Crippen LogP) is 7.16. The van der Waals surface area contributed by atoms with E-state index in [0.717, 1.165) is 35.3 Å². The first kappa shape index (κ1) is 22.7. The van der Waals surface area contributed by atoms with Crippen molar-refractivity contribution >= 4 is 50.4 Å². The zero-order valence-electron chi connectivity index (χ0n) is 19.0. The molecule has 1 aromatic heterocycles. The molecule has 0 spiro atoms. The van der Waals surface area contributed by atoms with Gasteiger partial charge in [-0.05, 0) is 61.8 Å². The summed E-state index contributed by atoms with van der Waals surface area (Å²) in [6.07, 6.45) is 3.52. The molecule has 8 heteroatoms. The van der Waals surface area contributed by atoms with Crippen molar-refractivity contribution in [3.05, 3.63) is 81.7 Å². The van der Waals surface area contributed by atoms with Gasteiger partial charge in [-0.1, -0.05) is 42.0 Å². The molecule has 0 radical (unpaired) electrons. The molecule has 0 aliphatic heterocycles. The van der Waals surface area contributed by atoms with E-state index in [2.05, 4.69) is 15.5 Å². The number of phenolic OH excluding ortho intramolecular Hbond substituents is 1. The number of amides is 1. The third-order valence-electron chi connectivity index (χ3n) is 6.16. The van der Waals surface area contributed by atoms with Crippen LogP contribution in [0, 0.1) is 6.92 Å². The molecule has 5 rings (SSSR count). The number of thiophene rings is 1. The normalized spacial score (nSPS) is 13.2. The molecule has 0 fully saturated rings. The van der Waals surface area contributed by atoms with E-state index in [1.165, 1.54) is 11.3 Å². The Labute approximate surface area is 205 Å². The number of hydrogen-bond donors (Lipinski definition) is 3. The summed E-state index contributed by atoms with van der Waals surface area (Å²) in [4.78, 5) is 26.1. The predicted molar refractivity (Wildman–Crippen MR) is 137 cm³/mol. The zero-order valence-corrected chi connectivity index (χ0v) is 19.9. The third-order valence-corrected chi connectivity index (χ3v) is 7.33. The molecule has 0 saturated heterocycles. The molecule has 3 N–H and O–H groups in total. The lowest BCUT2D eigenvalue weighted by Crippen LogP contribution is -2.12. The number of fused-ring (bicyclic) bond motifs is 2. The monoisotopic (exact) mass is 485 g/mol. The third kappa shape index (κ3) is 4.40. The highest BCUT2D eigenvalue weighted by Gasteiger charge is 2.25. The van der Waals surface area contributed by atoms with Gasteiger partial charge in [-0.15, -0.1) is 21.6 Å². The van der Waals surface area contributed by atoms with Crippen LogP contribution in [-0.2, 0) is 12.8 Å². The molecule has 0 atom stereocenters. The van der Waals surface area contributed by atoms with Crippen LogP contribution in [0.3, 0.4) is 0 Å². The molecule has 4 aromatic rings. The van der Waals surface area contributed by atoms with Gasteiger partial charge in [-0.25, -0.2) is 4.79 Å². The van der Waals surface area contributed by atoms with Gasteiger partial charge < -0.3 is 15.5 Å².